The highest BCUT2D eigenvalue weighted by molar-refractivity contribution is 9.09. The Morgan fingerprint density at radius 1 is 1.16 bits per heavy atom. The maximum absolute atomic E-state index is 12.0. The van der Waals surface area contributed by atoms with Crippen LogP contribution in [0.1, 0.15) is 35.4 Å². The topological polar surface area (TPSA) is 29.1 Å². The van der Waals surface area contributed by atoms with E-state index in [-0.39, 0.29) is 5.91 Å². The monoisotopic (exact) mass is 339 g/mol. The van der Waals surface area contributed by atoms with E-state index in [2.05, 4.69) is 27.3 Å². The summed E-state index contributed by atoms with van der Waals surface area (Å²) in [7, 11) is 0. The van der Waals surface area contributed by atoms with Crippen LogP contribution in [-0.2, 0) is 0 Å². The predicted molar refractivity (Wildman–Crippen MR) is 86.4 cm³/mol. The van der Waals surface area contributed by atoms with Crippen molar-refractivity contribution in [1.29, 1.82) is 0 Å². The van der Waals surface area contributed by atoms with Gasteiger partial charge in [-0.15, -0.1) is 11.3 Å². The molecule has 0 bridgehead atoms. The molecule has 1 aromatic heterocycles. The number of hydrogen-bond acceptors (Lipinski definition) is 2. The smallest absolute Gasteiger partial charge is 0.261 e. The zero-order valence-corrected chi connectivity index (χ0v) is 13.2. The fourth-order valence-electron chi connectivity index (χ4n) is 1.96. The molecule has 19 heavy (non-hydrogen) atoms. The van der Waals surface area contributed by atoms with Crippen molar-refractivity contribution in [3.8, 4) is 0 Å². The molecule has 2 nitrogen and oxygen atoms in total. The molecule has 2 rings (SSSR count). The van der Waals surface area contributed by atoms with E-state index in [0.717, 1.165) is 28.6 Å². The van der Waals surface area contributed by atoms with Gasteiger partial charge >= 0.3 is 0 Å². The minimum absolute atomic E-state index is 0.0571. The highest BCUT2D eigenvalue weighted by Gasteiger charge is 2.08. The van der Waals surface area contributed by atoms with E-state index in [0.29, 0.717) is 0 Å². The van der Waals surface area contributed by atoms with Crippen LogP contribution in [0.25, 0.3) is 10.1 Å². The predicted octanol–water partition coefficient (Wildman–Crippen LogP) is 4.59. The second-order valence-electron chi connectivity index (χ2n) is 4.51. The standard InChI is InChI=1S/C15H18BrNOS/c16-9-5-1-2-6-10-17-15(18)14-11-12-7-3-4-8-13(12)19-14/h3-4,7-8,11H,1-2,5-6,9-10H2,(H,17,18). The van der Waals surface area contributed by atoms with Gasteiger partial charge in [-0.2, -0.15) is 0 Å². The van der Waals surface area contributed by atoms with E-state index in [1.807, 2.05) is 24.3 Å². The molecule has 0 saturated carbocycles. The van der Waals surface area contributed by atoms with Gasteiger partial charge in [-0.25, -0.2) is 0 Å². The van der Waals surface area contributed by atoms with E-state index < -0.39 is 0 Å². The van der Waals surface area contributed by atoms with Crippen molar-refractivity contribution in [3.63, 3.8) is 0 Å². The maximum Gasteiger partial charge on any atom is 0.261 e. The lowest BCUT2D eigenvalue weighted by atomic mass is 10.2. The normalized spacial score (nSPS) is 10.8. The molecule has 0 atom stereocenters. The van der Waals surface area contributed by atoms with E-state index in [1.54, 1.807) is 11.3 Å². The van der Waals surface area contributed by atoms with Crippen LogP contribution in [0.5, 0.6) is 0 Å². The first-order chi connectivity index (χ1) is 9.31. The Balaban J connectivity index is 1.79. The Bertz CT molecular complexity index is 505. The summed E-state index contributed by atoms with van der Waals surface area (Å²) in [5, 5.41) is 5.22. The van der Waals surface area contributed by atoms with Crippen LogP contribution < -0.4 is 5.32 Å². The van der Waals surface area contributed by atoms with Gasteiger partial charge in [0.2, 0.25) is 0 Å². The fraction of sp³-hybridized carbons (Fsp3) is 0.400. The van der Waals surface area contributed by atoms with E-state index >= 15 is 0 Å². The molecule has 1 aromatic carbocycles. The molecule has 0 aliphatic rings. The van der Waals surface area contributed by atoms with Gasteiger partial charge in [0.1, 0.15) is 0 Å². The Kier molecular flexibility index (Phi) is 5.86. The van der Waals surface area contributed by atoms with Crippen LogP contribution in [0.2, 0.25) is 0 Å². The Morgan fingerprint density at radius 2 is 1.95 bits per heavy atom. The molecule has 0 unspecified atom stereocenters. The number of amides is 1. The van der Waals surface area contributed by atoms with Gasteiger partial charge in [0, 0.05) is 16.6 Å². The van der Waals surface area contributed by atoms with Gasteiger partial charge in [0.15, 0.2) is 0 Å². The number of halogens is 1. The lowest BCUT2D eigenvalue weighted by Crippen LogP contribution is -2.23. The third-order valence-electron chi connectivity index (χ3n) is 3.00. The van der Waals surface area contributed by atoms with Crippen molar-refractivity contribution in [2.75, 3.05) is 11.9 Å². The molecule has 1 amide bonds. The average Bonchev–Trinajstić information content (AvgIpc) is 2.86. The van der Waals surface area contributed by atoms with Gasteiger partial charge in [-0.3, -0.25) is 4.79 Å². The van der Waals surface area contributed by atoms with Crippen molar-refractivity contribution in [1.82, 2.24) is 5.32 Å². The van der Waals surface area contributed by atoms with Crippen molar-refractivity contribution < 1.29 is 4.79 Å². The first-order valence-corrected chi connectivity index (χ1v) is 8.58. The minimum atomic E-state index is 0.0571. The number of benzene rings is 1. The van der Waals surface area contributed by atoms with Crippen LogP contribution >= 0.6 is 27.3 Å². The number of rotatable bonds is 7. The molecular weight excluding hydrogens is 322 g/mol. The second kappa shape index (κ2) is 7.65. The number of alkyl halides is 1. The zero-order valence-electron chi connectivity index (χ0n) is 10.8. The third kappa shape index (κ3) is 4.32. The molecule has 2 aromatic rings. The molecule has 1 heterocycles. The molecule has 0 radical (unpaired) electrons. The van der Waals surface area contributed by atoms with Gasteiger partial charge in [-0.05, 0) is 30.4 Å². The van der Waals surface area contributed by atoms with Crippen LogP contribution in [0.4, 0.5) is 0 Å². The summed E-state index contributed by atoms with van der Waals surface area (Å²) in [6, 6.07) is 10.1. The largest absolute Gasteiger partial charge is 0.351 e. The number of carbonyl (C=O) groups is 1. The number of nitrogens with one attached hydrogen (secondary N) is 1. The first-order valence-electron chi connectivity index (χ1n) is 6.64. The second-order valence-corrected chi connectivity index (χ2v) is 6.38. The molecule has 0 fully saturated rings. The Morgan fingerprint density at radius 3 is 2.74 bits per heavy atom. The molecule has 1 N–H and O–H groups in total. The van der Waals surface area contributed by atoms with E-state index in [4.69, 9.17) is 0 Å². The maximum atomic E-state index is 12.0. The van der Waals surface area contributed by atoms with Crippen molar-refractivity contribution in [3.05, 3.63) is 35.2 Å². The van der Waals surface area contributed by atoms with Crippen molar-refractivity contribution in [2.24, 2.45) is 0 Å². The van der Waals surface area contributed by atoms with Gasteiger partial charge < -0.3 is 5.32 Å². The highest BCUT2D eigenvalue weighted by atomic mass is 79.9. The lowest BCUT2D eigenvalue weighted by Gasteiger charge is -2.02. The number of hydrogen-bond donors (Lipinski definition) is 1. The molecule has 0 spiro atoms. The highest BCUT2D eigenvalue weighted by Crippen LogP contribution is 2.24. The molecule has 0 aliphatic carbocycles. The molecule has 0 aliphatic heterocycles. The van der Waals surface area contributed by atoms with E-state index in [9.17, 15) is 4.79 Å². The third-order valence-corrected chi connectivity index (χ3v) is 4.67. The van der Waals surface area contributed by atoms with Crippen molar-refractivity contribution >= 4 is 43.3 Å². The molecule has 0 saturated heterocycles. The SMILES string of the molecule is O=C(NCCCCCCBr)c1cc2ccccc2s1. The number of unbranched alkanes of at least 4 members (excludes halogenated alkanes) is 3. The van der Waals surface area contributed by atoms with Gasteiger partial charge in [0.05, 0.1) is 4.88 Å². The summed E-state index contributed by atoms with van der Waals surface area (Å²) in [4.78, 5) is 12.8. The molecular formula is C15H18BrNOS. The van der Waals surface area contributed by atoms with Gasteiger partial charge in [0.25, 0.3) is 5.91 Å². The van der Waals surface area contributed by atoms with Crippen LogP contribution in [-0.4, -0.2) is 17.8 Å². The van der Waals surface area contributed by atoms with Crippen molar-refractivity contribution in [2.45, 2.75) is 25.7 Å². The fourth-order valence-corrected chi connectivity index (χ4v) is 3.33. The lowest BCUT2D eigenvalue weighted by molar-refractivity contribution is 0.0957. The summed E-state index contributed by atoms with van der Waals surface area (Å²) in [6.45, 7) is 0.773. The number of thiophene rings is 1. The summed E-state index contributed by atoms with van der Waals surface area (Å²) < 4.78 is 1.17. The van der Waals surface area contributed by atoms with Crippen LogP contribution in [0.15, 0.2) is 30.3 Å². The first kappa shape index (κ1) is 14.5. The summed E-state index contributed by atoms with van der Waals surface area (Å²) >= 11 is 4.98. The number of carbonyl (C=O) groups excluding carboxylic acids is 1. The molecule has 4 heteroatoms. The summed E-state index contributed by atoms with van der Waals surface area (Å²) in [5.74, 6) is 0.0571. The number of fused-ring (bicyclic) bond motifs is 1. The zero-order chi connectivity index (χ0) is 13.5. The van der Waals surface area contributed by atoms with Gasteiger partial charge in [-0.1, -0.05) is 47.0 Å². The van der Waals surface area contributed by atoms with Crippen LogP contribution in [0.3, 0.4) is 0 Å². The molecule has 102 valence electrons. The Labute approximate surface area is 126 Å². The van der Waals surface area contributed by atoms with Crippen LogP contribution in [0, 0.1) is 0 Å². The Hall–Kier alpha value is -0.870. The quantitative estimate of drug-likeness (QED) is 0.580. The summed E-state index contributed by atoms with van der Waals surface area (Å²) in [6.07, 6.45) is 4.68. The average molecular weight is 340 g/mol. The van der Waals surface area contributed by atoms with E-state index in [1.165, 1.54) is 24.0 Å². The summed E-state index contributed by atoms with van der Waals surface area (Å²) in [5.41, 5.74) is 0. The minimum Gasteiger partial charge on any atom is -0.351 e.